The lowest BCUT2D eigenvalue weighted by atomic mass is 9.99. The first-order chi connectivity index (χ1) is 6.61. The van der Waals surface area contributed by atoms with Gasteiger partial charge >= 0.3 is 0 Å². The van der Waals surface area contributed by atoms with Crippen LogP contribution in [0.5, 0.6) is 0 Å². The zero-order valence-corrected chi connectivity index (χ0v) is 9.89. The van der Waals surface area contributed by atoms with Crippen molar-refractivity contribution in [2.75, 3.05) is 0 Å². The van der Waals surface area contributed by atoms with Crippen molar-refractivity contribution in [3.63, 3.8) is 0 Å². The Hall–Kier alpha value is -0.570. The van der Waals surface area contributed by atoms with Crippen LogP contribution in [-0.2, 0) is 4.79 Å². The lowest BCUT2D eigenvalue weighted by Crippen LogP contribution is -2.44. The second-order valence-corrected chi connectivity index (χ2v) is 4.04. The highest BCUT2D eigenvalue weighted by atomic mass is 16.2. The molecule has 1 atom stereocenters. The maximum atomic E-state index is 11.6. The highest BCUT2D eigenvalue weighted by molar-refractivity contribution is 5.78. The number of hydrogen-bond acceptors (Lipinski definition) is 2. The minimum atomic E-state index is 0.134. The van der Waals surface area contributed by atoms with Gasteiger partial charge in [0, 0.05) is 12.0 Å². The van der Waals surface area contributed by atoms with Gasteiger partial charge in [-0.05, 0) is 26.7 Å². The van der Waals surface area contributed by atoms with Gasteiger partial charge in [-0.2, -0.15) is 0 Å². The maximum absolute atomic E-state index is 11.6. The van der Waals surface area contributed by atoms with Crippen LogP contribution in [0.15, 0.2) is 0 Å². The number of hydrogen-bond donors (Lipinski definition) is 2. The third-order valence-corrected chi connectivity index (χ3v) is 2.25. The second kappa shape index (κ2) is 7.80. The minimum Gasteiger partial charge on any atom is -0.291 e. The Balaban J connectivity index is 3.79. The Labute approximate surface area is 87.6 Å². The van der Waals surface area contributed by atoms with Crippen LogP contribution in [-0.4, -0.2) is 11.9 Å². The van der Waals surface area contributed by atoms with Gasteiger partial charge in [0.15, 0.2) is 0 Å². The molecule has 0 saturated heterocycles. The third kappa shape index (κ3) is 5.97. The largest absolute Gasteiger partial charge is 0.291 e. The summed E-state index contributed by atoms with van der Waals surface area (Å²) < 4.78 is 0. The second-order valence-electron chi connectivity index (χ2n) is 4.04. The molecule has 2 N–H and O–H groups in total. The molecule has 1 unspecified atom stereocenters. The molecule has 3 nitrogen and oxygen atoms in total. The van der Waals surface area contributed by atoms with Crippen molar-refractivity contribution in [1.82, 2.24) is 10.9 Å². The number of rotatable bonds is 7. The molecule has 1 amide bonds. The van der Waals surface area contributed by atoms with Crippen molar-refractivity contribution < 1.29 is 4.79 Å². The minimum absolute atomic E-state index is 0.134. The monoisotopic (exact) mass is 200 g/mol. The zero-order valence-electron chi connectivity index (χ0n) is 9.89. The molecule has 0 aliphatic carbocycles. The molecule has 0 aromatic rings. The first-order valence-electron chi connectivity index (χ1n) is 5.67. The van der Waals surface area contributed by atoms with Gasteiger partial charge in [0.25, 0.3) is 0 Å². The van der Waals surface area contributed by atoms with Gasteiger partial charge in [0.05, 0.1) is 0 Å². The quantitative estimate of drug-likeness (QED) is 0.619. The van der Waals surface area contributed by atoms with Crippen molar-refractivity contribution in [1.29, 1.82) is 0 Å². The number of nitrogens with one attached hydrogen (secondary N) is 2. The Kier molecular flexibility index (Phi) is 7.48. The summed E-state index contributed by atoms with van der Waals surface area (Å²) >= 11 is 0. The molecule has 3 heteroatoms. The summed E-state index contributed by atoms with van der Waals surface area (Å²) in [6.45, 7) is 8.23. The molecule has 0 radical (unpaired) electrons. The maximum Gasteiger partial charge on any atom is 0.237 e. The smallest absolute Gasteiger partial charge is 0.237 e. The van der Waals surface area contributed by atoms with Gasteiger partial charge in [-0.3, -0.25) is 10.2 Å². The first kappa shape index (κ1) is 13.4. The summed E-state index contributed by atoms with van der Waals surface area (Å²) in [6.07, 6.45) is 4.21. The van der Waals surface area contributed by atoms with E-state index in [0.29, 0.717) is 6.04 Å². The van der Waals surface area contributed by atoms with E-state index in [4.69, 9.17) is 0 Å². The molecule has 0 aromatic carbocycles. The standard InChI is InChI=1S/C11H24N2O/c1-5-7-8-10(6-2)11(14)13-12-9(3)4/h9-10,12H,5-8H2,1-4H3,(H,13,14). The first-order valence-corrected chi connectivity index (χ1v) is 5.67. The summed E-state index contributed by atoms with van der Waals surface area (Å²) in [4.78, 5) is 11.6. The van der Waals surface area contributed by atoms with Crippen molar-refractivity contribution >= 4 is 5.91 Å². The summed E-state index contributed by atoms with van der Waals surface area (Å²) in [5.74, 6) is 0.302. The van der Waals surface area contributed by atoms with Crippen molar-refractivity contribution in [3.8, 4) is 0 Å². The predicted molar refractivity (Wildman–Crippen MR) is 59.7 cm³/mol. The van der Waals surface area contributed by atoms with E-state index in [2.05, 4.69) is 24.7 Å². The Morgan fingerprint density at radius 2 is 1.93 bits per heavy atom. The van der Waals surface area contributed by atoms with E-state index < -0.39 is 0 Å². The Bertz CT molecular complexity index is 157. The summed E-state index contributed by atoms with van der Waals surface area (Å²) in [5.41, 5.74) is 5.69. The van der Waals surface area contributed by atoms with E-state index in [9.17, 15) is 4.79 Å². The van der Waals surface area contributed by atoms with Gasteiger partial charge in [-0.1, -0.05) is 26.7 Å². The normalized spacial score (nSPS) is 12.9. The average Bonchev–Trinajstić information content (AvgIpc) is 2.16. The molecular formula is C11H24N2O. The molecule has 0 heterocycles. The summed E-state index contributed by atoms with van der Waals surface area (Å²) in [7, 11) is 0. The van der Waals surface area contributed by atoms with Crippen LogP contribution in [0.1, 0.15) is 53.4 Å². The van der Waals surface area contributed by atoms with Crippen molar-refractivity contribution in [2.45, 2.75) is 59.4 Å². The molecule has 0 spiro atoms. The predicted octanol–water partition coefficient (Wildman–Crippen LogP) is 2.23. The third-order valence-electron chi connectivity index (χ3n) is 2.25. The fourth-order valence-corrected chi connectivity index (χ4v) is 1.29. The van der Waals surface area contributed by atoms with Gasteiger partial charge in [-0.15, -0.1) is 0 Å². The van der Waals surface area contributed by atoms with Crippen LogP contribution in [0.25, 0.3) is 0 Å². The molecule has 84 valence electrons. The highest BCUT2D eigenvalue weighted by Crippen LogP contribution is 2.11. The lowest BCUT2D eigenvalue weighted by molar-refractivity contribution is -0.126. The van der Waals surface area contributed by atoms with E-state index in [-0.39, 0.29) is 11.8 Å². The molecule has 14 heavy (non-hydrogen) atoms. The lowest BCUT2D eigenvalue weighted by Gasteiger charge is -2.16. The number of amides is 1. The van der Waals surface area contributed by atoms with Crippen LogP contribution < -0.4 is 10.9 Å². The molecule has 0 rings (SSSR count). The number of unbranched alkanes of at least 4 members (excludes halogenated alkanes) is 1. The summed E-state index contributed by atoms with van der Waals surface area (Å²) in [6, 6.07) is 0.294. The summed E-state index contributed by atoms with van der Waals surface area (Å²) in [5, 5.41) is 0. The number of carbonyl (C=O) groups is 1. The number of hydrazine groups is 1. The molecule has 0 fully saturated rings. The molecular weight excluding hydrogens is 176 g/mol. The molecule has 0 aromatic heterocycles. The van der Waals surface area contributed by atoms with E-state index >= 15 is 0 Å². The molecule has 0 saturated carbocycles. The van der Waals surface area contributed by atoms with Gasteiger partial charge in [-0.25, -0.2) is 5.43 Å². The van der Waals surface area contributed by atoms with Gasteiger partial charge in [0.1, 0.15) is 0 Å². The van der Waals surface area contributed by atoms with E-state index in [0.717, 1.165) is 25.7 Å². The topological polar surface area (TPSA) is 41.1 Å². The van der Waals surface area contributed by atoms with Crippen molar-refractivity contribution in [3.05, 3.63) is 0 Å². The Morgan fingerprint density at radius 1 is 1.29 bits per heavy atom. The van der Waals surface area contributed by atoms with Crippen LogP contribution in [0, 0.1) is 5.92 Å². The Morgan fingerprint density at radius 3 is 2.36 bits per heavy atom. The zero-order chi connectivity index (χ0) is 11.0. The van der Waals surface area contributed by atoms with Gasteiger partial charge < -0.3 is 0 Å². The van der Waals surface area contributed by atoms with E-state index in [1.54, 1.807) is 0 Å². The SMILES string of the molecule is CCCCC(CC)C(=O)NNC(C)C. The number of carbonyl (C=O) groups excluding carboxylic acids is 1. The molecule has 0 aliphatic heterocycles. The van der Waals surface area contributed by atoms with Crippen LogP contribution >= 0.6 is 0 Å². The van der Waals surface area contributed by atoms with Crippen LogP contribution in [0.3, 0.4) is 0 Å². The average molecular weight is 200 g/mol. The molecule has 0 aliphatic rings. The highest BCUT2D eigenvalue weighted by Gasteiger charge is 2.15. The van der Waals surface area contributed by atoms with Crippen LogP contribution in [0.2, 0.25) is 0 Å². The fourth-order valence-electron chi connectivity index (χ4n) is 1.29. The van der Waals surface area contributed by atoms with E-state index in [1.165, 1.54) is 0 Å². The van der Waals surface area contributed by atoms with E-state index in [1.807, 2.05) is 13.8 Å². The molecule has 0 bridgehead atoms. The van der Waals surface area contributed by atoms with Crippen molar-refractivity contribution in [2.24, 2.45) is 5.92 Å². The fraction of sp³-hybridized carbons (Fsp3) is 0.909. The van der Waals surface area contributed by atoms with Gasteiger partial charge in [0.2, 0.25) is 5.91 Å². The van der Waals surface area contributed by atoms with Crippen LogP contribution in [0.4, 0.5) is 0 Å².